The lowest BCUT2D eigenvalue weighted by Gasteiger charge is -2.19. The fourth-order valence-corrected chi connectivity index (χ4v) is 2.62. The highest BCUT2D eigenvalue weighted by molar-refractivity contribution is 9.10. The highest BCUT2D eigenvalue weighted by Crippen LogP contribution is 2.37. The monoisotopic (exact) mass is 350 g/mol. The van der Waals surface area contributed by atoms with Crippen LogP contribution >= 0.6 is 15.9 Å². The molecule has 2 aromatic carbocycles. The zero-order valence-electron chi connectivity index (χ0n) is 11.0. The average molecular weight is 351 g/mol. The van der Waals surface area contributed by atoms with E-state index in [0.29, 0.717) is 40.2 Å². The summed E-state index contributed by atoms with van der Waals surface area (Å²) in [6.07, 6.45) is 1.08. The van der Waals surface area contributed by atoms with Gasteiger partial charge < -0.3 is 15.8 Å². The number of hydrogen-bond donors (Lipinski definition) is 2. The lowest BCUT2D eigenvalue weighted by Crippen LogP contribution is -2.19. The Hall–Kier alpha value is -2.08. The van der Waals surface area contributed by atoms with Crippen molar-refractivity contribution in [2.45, 2.75) is 12.8 Å². The van der Waals surface area contributed by atoms with E-state index < -0.39 is 0 Å². The van der Waals surface area contributed by atoms with E-state index in [0.717, 1.165) is 5.56 Å². The van der Waals surface area contributed by atoms with Crippen LogP contribution in [0.25, 0.3) is 0 Å². The molecule has 1 amide bonds. The molecule has 3 N–H and O–H groups in total. The third-order valence-corrected chi connectivity index (χ3v) is 3.86. The molecule has 4 nitrogen and oxygen atoms in total. The molecule has 0 atom stereocenters. The summed E-state index contributed by atoms with van der Waals surface area (Å²) in [4.78, 5) is 11.4. The second kappa shape index (κ2) is 5.37. The van der Waals surface area contributed by atoms with Crippen molar-refractivity contribution in [2.75, 3.05) is 11.1 Å². The van der Waals surface area contributed by atoms with Crippen LogP contribution in [0.4, 0.5) is 15.8 Å². The van der Waals surface area contributed by atoms with Crippen molar-refractivity contribution in [1.82, 2.24) is 0 Å². The number of ether oxygens (including phenoxy) is 1. The number of amides is 1. The van der Waals surface area contributed by atoms with E-state index in [1.54, 1.807) is 12.1 Å². The van der Waals surface area contributed by atoms with Crippen molar-refractivity contribution in [1.29, 1.82) is 0 Å². The van der Waals surface area contributed by atoms with Crippen LogP contribution in [0.1, 0.15) is 12.0 Å². The number of nitrogens with one attached hydrogen (secondary N) is 1. The number of halogens is 2. The van der Waals surface area contributed by atoms with Crippen LogP contribution in [0, 0.1) is 5.82 Å². The Morgan fingerprint density at radius 1 is 1.19 bits per heavy atom. The van der Waals surface area contributed by atoms with Crippen LogP contribution in [0.5, 0.6) is 11.5 Å². The molecule has 1 aliphatic rings. The molecule has 0 saturated carbocycles. The van der Waals surface area contributed by atoms with Gasteiger partial charge in [-0.05, 0) is 58.2 Å². The van der Waals surface area contributed by atoms with Crippen molar-refractivity contribution in [3.8, 4) is 11.5 Å². The quantitative estimate of drug-likeness (QED) is 0.808. The molecule has 0 radical (unpaired) electrons. The number of nitrogen functional groups attached to an aromatic ring is 1. The lowest BCUT2D eigenvalue weighted by atomic mass is 10.0. The van der Waals surface area contributed by atoms with Crippen LogP contribution < -0.4 is 15.8 Å². The van der Waals surface area contributed by atoms with Crippen molar-refractivity contribution < 1.29 is 13.9 Å². The van der Waals surface area contributed by atoms with Gasteiger partial charge in [0.2, 0.25) is 5.91 Å². The predicted octanol–water partition coefficient (Wildman–Crippen LogP) is 3.85. The van der Waals surface area contributed by atoms with Crippen LogP contribution in [0.15, 0.2) is 34.8 Å². The number of aryl methyl sites for hydroxylation is 1. The second-order valence-electron chi connectivity index (χ2n) is 4.77. The van der Waals surface area contributed by atoms with Crippen molar-refractivity contribution >= 4 is 33.2 Å². The van der Waals surface area contributed by atoms with Crippen molar-refractivity contribution in [3.05, 3.63) is 46.2 Å². The Kier molecular flexibility index (Phi) is 3.55. The van der Waals surface area contributed by atoms with Gasteiger partial charge in [0, 0.05) is 12.1 Å². The molecular weight excluding hydrogens is 339 g/mol. The predicted molar refractivity (Wildman–Crippen MR) is 82.0 cm³/mol. The Balaban J connectivity index is 1.94. The molecule has 1 aliphatic heterocycles. The molecule has 0 bridgehead atoms. The van der Waals surface area contributed by atoms with Crippen molar-refractivity contribution in [3.63, 3.8) is 0 Å². The van der Waals surface area contributed by atoms with E-state index in [1.165, 1.54) is 18.2 Å². The van der Waals surface area contributed by atoms with E-state index in [-0.39, 0.29) is 11.7 Å². The third-order valence-electron chi connectivity index (χ3n) is 3.24. The summed E-state index contributed by atoms with van der Waals surface area (Å²) in [6, 6.07) is 7.65. The van der Waals surface area contributed by atoms with Gasteiger partial charge in [-0.1, -0.05) is 0 Å². The molecule has 0 spiro atoms. The first-order valence-corrected chi connectivity index (χ1v) is 7.17. The van der Waals surface area contributed by atoms with Gasteiger partial charge in [0.05, 0.1) is 10.2 Å². The molecule has 0 unspecified atom stereocenters. The summed E-state index contributed by atoms with van der Waals surface area (Å²) in [5.74, 6) is 0.590. The lowest BCUT2D eigenvalue weighted by molar-refractivity contribution is -0.116. The number of rotatable bonds is 2. The fourth-order valence-electron chi connectivity index (χ4n) is 2.19. The molecule has 6 heteroatoms. The molecule has 2 aromatic rings. The zero-order chi connectivity index (χ0) is 15.0. The van der Waals surface area contributed by atoms with Gasteiger partial charge in [0.15, 0.2) is 5.75 Å². The molecular formula is C15H12BrFN2O2. The number of fused-ring (bicyclic) bond motifs is 1. The molecule has 0 fully saturated rings. The molecule has 0 aromatic heterocycles. The summed E-state index contributed by atoms with van der Waals surface area (Å²) in [5.41, 5.74) is 8.05. The van der Waals surface area contributed by atoms with Gasteiger partial charge in [-0.2, -0.15) is 0 Å². The smallest absolute Gasteiger partial charge is 0.224 e. The number of hydrogen-bond acceptors (Lipinski definition) is 3. The topological polar surface area (TPSA) is 64.3 Å². The van der Waals surface area contributed by atoms with Gasteiger partial charge in [-0.3, -0.25) is 4.79 Å². The molecule has 1 heterocycles. The van der Waals surface area contributed by atoms with Gasteiger partial charge >= 0.3 is 0 Å². The summed E-state index contributed by atoms with van der Waals surface area (Å²) in [6.45, 7) is 0. The van der Waals surface area contributed by atoms with Gasteiger partial charge in [-0.25, -0.2) is 4.39 Å². The number of anilines is 2. The third kappa shape index (κ3) is 2.85. The molecule has 0 saturated heterocycles. The maximum absolute atomic E-state index is 13.1. The van der Waals surface area contributed by atoms with Gasteiger partial charge in [0.25, 0.3) is 0 Å². The SMILES string of the molecule is Nc1cc2c(cc1Oc1ccc(F)cc1Br)CCC(=O)N2. The first kappa shape index (κ1) is 13.9. The Morgan fingerprint density at radius 3 is 2.76 bits per heavy atom. The molecule has 3 rings (SSSR count). The van der Waals surface area contributed by atoms with Crippen LogP contribution in [0.3, 0.4) is 0 Å². The number of benzene rings is 2. The van der Waals surface area contributed by atoms with E-state index >= 15 is 0 Å². The minimum atomic E-state index is -0.352. The highest BCUT2D eigenvalue weighted by atomic mass is 79.9. The Bertz CT molecular complexity index is 734. The second-order valence-corrected chi connectivity index (χ2v) is 5.63. The maximum Gasteiger partial charge on any atom is 0.224 e. The molecule has 21 heavy (non-hydrogen) atoms. The standard InChI is InChI=1S/C15H12BrFN2O2/c16-10-6-9(17)2-3-13(10)21-14-5-8-1-4-15(20)19-12(8)7-11(14)18/h2-3,5-7H,1,4,18H2,(H,19,20). The van der Waals surface area contributed by atoms with E-state index in [1.807, 2.05) is 0 Å². The maximum atomic E-state index is 13.1. The first-order chi connectivity index (χ1) is 10.0. The normalized spacial score (nSPS) is 13.5. The molecule has 108 valence electrons. The van der Waals surface area contributed by atoms with Gasteiger partial charge in [-0.15, -0.1) is 0 Å². The van der Waals surface area contributed by atoms with Crippen LogP contribution in [0.2, 0.25) is 0 Å². The number of nitrogens with two attached hydrogens (primary N) is 1. The van der Waals surface area contributed by atoms with E-state index in [4.69, 9.17) is 10.5 Å². The van der Waals surface area contributed by atoms with Crippen molar-refractivity contribution in [2.24, 2.45) is 0 Å². The minimum Gasteiger partial charge on any atom is -0.454 e. The zero-order valence-corrected chi connectivity index (χ0v) is 12.5. The Morgan fingerprint density at radius 2 is 2.00 bits per heavy atom. The number of carbonyl (C=O) groups is 1. The summed E-state index contributed by atoms with van der Waals surface area (Å²) < 4.78 is 19.3. The fraction of sp³-hybridized carbons (Fsp3) is 0.133. The Labute approximate surface area is 129 Å². The van der Waals surface area contributed by atoms with Crippen LogP contribution in [-0.4, -0.2) is 5.91 Å². The van der Waals surface area contributed by atoms with Crippen LogP contribution in [-0.2, 0) is 11.2 Å². The van der Waals surface area contributed by atoms with Gasteiger partial charge in [0.1, 0.15) is 11.6 Å². The average Bonchev–Trinajstić information content (AvgIpc) is 2.42. The van der Waals surface area contributed by atoms with E-state index in [2.05, 4.69) is 21.2 Å². The minimum absolute atomic E-state index is 0.0168. The highest BCUT2D eigenvalue weighted by Gasteiger charge is 2.18. The van der Waals surface area contributed by atoms with E-state index in [9.17, 15) is 9.18 Å². The number of carbonyl (C=O) groups excluding carboxylic acids is 1. The first-order valence-electron chi connectivity index (χ1n) is 6.38. The molecule has 0 aliphatic carbocycles. The largest absolute Gasteiger partial charge is 0.454 e. The summed E-state index contributed by atoms with van der Waals surface area (Å²) >= 11 is 3.25. The summed E-state index contributed by atoms with van der Waals surface area (Å²) in [7, 11) is 0. The summed E-state index contributed by atoms with van der Waals surface area (Å²) in [5, 5.41) is 2.78.